The summed E-state index contributed by atoms with van der Waals surface area (Å²) in [4.78, 5) is 11.4. The number of amides is 1. The van der Waals surface area contributed by atoms with Crippen molar-refractivity contribution >= 4 is 6.09 Å². The van der Waals surface area contributed by atoms with Gasteiger partial charge in [-0.15, -0.1) is 0 Å². The molecule has 17 heavy (non-hydrogen) atoms. The summed E-state index contributed by atoms with van der Waals surface area (Å²) in [7, 11) is 0. The van der Waals surface area contributed by atoms with Gasteiger partial charge in [-0.1, -0.05) is 30.3 Å². The van der Waals surface area contributed by atoms with Crippen molar-refractivity contribution in [1.29, 1.82) is 0 Å². The highest BCUT2D eigenvalue weighted by Crippen LogP contribution is 2.27. The van der Waals surface area contributed by atoms with Gasteiger partial charge in [0, 0.05) is 6.04 Å². The maximum absolute atomic E-state index is 12.2. The fourth-order valence-corrected chi connectivity index (χ4v) is 1.91. The third kappa shape index (κ3) is 3.44. The number of nitrogens with one attached hydrogen (secondary N) is 1. The minimum absolute atomic E-state index is 0.0824. The van der Waals surface area contributed by atoms with Crippen LogP contribution in [0.4, 0.5) is 9.18 Å². The molecule has 1 aliphatic rings. The fraction of sp³-hybridized carbons (Fsp3) is 0.462. The third-order valence-corrected chi connectivity index (χ3v) is 2.99. The van der Waals surface area contributed by atoms with E-state index in [0.29, 0.717) is 0 Å². The Kier molecular flexibility index (Phi) is 3.96. The standard InChI is InChI=1S/C13H16FNO2/c14-8-11-6-12(7-11)15-13(16)17-9-10-4-2-1-3-5-10/h1-5,11-12H,6-9H2,(H,15,16). The first-order valence-electron chi connectivity index (χ1n) is 5.81. The first kappa shape index (κ1) is 11.9. The average molecular weight is 237 g/mol. The molecule has 1 aromatic rings. The highest BCUT2D eigenvalue weighted by Gasteiger charge is 2.30. The Morgan fingerprint density at radius 1 is 1.35 bits per heavy atom. The molecule has 0 bridgehead atoms. The van der Waals surface area contributed by atoms with Crippen LogP contribution in [0.3, 0.4) is 0 Å². The van der Waals surface area contributed by atoms with Gasteiger partial charge in [0.1, 0.15) is 6.61 Å². The number of ether oxygens (including phenoxy) is 1. The van der Waals surface area contributed by atoms with E-state index in [1.54, 1.807) is 0 Å². The Bertz CT molecular complexity index is 363. The summed E-state index contributed by atoms with van der Waals surface area (Å²) in [6.45, 7) is -0.0246. The lowest BCUT2D eigenvalue weighted by Gasteiger charge is -2.33. The van der Waals surface area contributed by atoms with Crippen molar-refractivity contribution in [3.63, 3.8) is 0 Å². The first-order chi connectivity index (χ1) is 8.28. The molecule has 1 amide bonds. The average Bonchev–Trinajstić information content (AvgIpc) is 2.32. The number of benzene rings is 1. The molecule has 0 aromatic heterocycles. The Balaban J connectivity index is 1.65. The maximum atomic E-state index is 12.2. The number of halogens is 1. The van der Waals surface area contributed by atoms with Gasteiger partial charge in [0.05, 0.1) is 6.67 Å². The molecular formula is C13H16FNO2. The molecule has 0 unspecified atom stereocenters. The molecule has 92 valence electrons. The highest BCUT2D eigenvalue weighted by molar-refractivity contribution is 5.67. The second-order valence-electron chi connectivity index (χ2n) is 4.39. The molecule has 0 radical (unpaired) electrons. The number of rotatable bonds is 4. The van der Waals surface area contributed by atoms with Gasteiger partial charge in [0.15, 0.2) is 0 Å². The van der Waals surface area contributed by atoms with Crippen molar-refractivity contribution in [2.24, 2.45) is 5.92 Å². The van der Waals surface area contributed by atoms with Crippen molar-refractivity contribution in [1.82, 2.24) is 5.32 Å². The largest absolute Gasteiger partial charge is 0.445 e. The smallest absolute Gasteiger partial charge is 0.407 e. The van der Waals surface area contributed by atoms with Crippen LogP contribution >= 0.6 is 0 Å². The fourth-order valence-electron chi connectivity index (χ4n) is 1.91. The van der Waals surface area contributed by atoms with Crippen LogP contribution < -0.4 is 5.32 Å². The van der Waals surface area contributed by atoms with Crippen molar-refractivity contribution in [2.75, 3.05) is 6.67 Å². The zero-order chi connectivity index (χ0) is 12.1. The lowest BCUT2D eigenvalue weighted by molar-refractivity contribution is 0.116. The summed E-state index contributed by atoms with van der Waals surface area (Å²) in [6, 6.07) is 9.59. The molecule has 1 N–H and O–H groups in total. The van der Waals surface area contributed by atoms with E-state index in [-0.39, 0.29) is 25.2 Å². The molecule has 1 fully saturated rings. The van der Waals surface area contributed by atoms with Gasteiger partial charge in [-0.3, -0.25) is 4.39 Å². The summed E-state index contributed by atoms with van der Waals surface area (Å²) >= 11 is 0. The van der Waals surface area contributed by atoms with Gasteiger partial charge in [-0.05, 0) is 24.3 Å². The number of alkyl carbamates (subject to hydrolysis) is 1. The zero-order valence-electron chi connectivity index (χ0n) is 9.56. The number of carbonyl (C=O) groups excluding carboxylic acids is 1. The van der Waals surface area contributed by atoms with Crippen LogP contribution in [0.25, 0.3) is 0 Å². The monoisotopic (exact) mass is 237 g/mol. The number of hydrogen-bond acceptors (Lipinski definition) is 2. The minimum Gasteiger partial charge on any atom is -0.445 e. The Morgan fingerprint density at radius 2 is 2.06 bits per heavy atom. The number of alkyl halides is 1. The van der Waals surface area contributed by atoms with Gasteiger partial charge in [0.25, 0.3) is 0 Å². The normalized spacial score (nSPS) is 22.6. The Morgan fingerprint density at radius 3 is 2.71 bits per heavy atom. The van der Waals surface area contributed by atoms with Gasteiger partial charge < -0.3 is 10.1 Å². The molecule has 1 aliphatic carbocycles. The van der Waals surface area contributed by atoms with E-state index in [9.17, 15) is 9.18 Å². The third-order valence-electron chi connectivity index (χ3n) is 2.99. The SMILES string of the molecule is O=C(NC1CC(CF)C1)OCc1ccccc1. The topological polar surface area (TPSA) is 38.3 Å². The van der Waals surface area contributed by atoms with Gasteiger partial charge in [-0.25, -0.2) is 4.79 Å². The molecule has 2 rings (SSSR count). The van der Waals surface area contributed by atoms with Crippen LogP contribution in [0.2, 0.25) is 0 Å². The van der Waals surface area contributed by atoms with E-state index in [0.717, 1.165) is 18.4 Å². The molecule has 4 heteroatoms. The van der Waals surface area contributed by atoms with Crippen LogP contribution in [0.5, 0.6) is 0 Å². The quantitative estimate of drug-likeness (QED) is 0.874. The van der Waals surface area contributed by atoms with Crippen molar-refractivity contribution in [3.8, 4) is 0 Å². The number of hydrogen-bond donors (Lipinski definition) is 1. The molecule has 0 spiro atoms. The molecule has 0 saturated heterocycles. The second-order valence-corrected chi connectivity index (χ2v) is 4.39. The van der Waals surface area contributed by atoms with E-state index < -0.39 is 6.09 Å². The van der Waals surface area contributed by atoms with Crippen molar-refractivity contribution in [2.45, 2.75) is 25.5 Å². The second kappa shape index (κ2) is 5.66. The van der Waals surface area contributed by atoms with E-state index in [1.165, 1.54) is 0 Å². The Hall–Kier alpha value is -1.58. The van der Waals surface area contributed by atoms with Gasteiger partial charge in [-0.2, -0.15) is 0 Å². The van der Waals surface area contributed by atoms with E-state index in [1.807, 2.05) is 30.3 Å². The van der Waals surface area contributed by atoms with Crippen LogP contribution in [0, 0.1) is 5.92 Å². The first-order valence-corrected chi connectivity index (χ1v) is 5.81. The lowest BCUT2D eigenvalue weighted by Crippen LogP contribution is -2.45. The van der Waals surface area contributed by atoms with Crippen LogP contribution in [0.1, 0.15) is 18.4 Å². The zero-order valence-corrected chi connectivity index (χ0v) is 9.56. The van der Waals surface area contributed by atoms with E-state index in [4.69, 9.17) is 4.74 Å². The summed E-state index contributed by atoms with van der Waals surface area (Å²) in [6.07, 6.45) is 1.02. The highest BCUT2D eigenvalue weighted by atomic mass is 19.1. The van der Waals surface area contributed by atoms with Crippen molar-refractivity contribution in [3.05, 3.63) is 35.9 Å². The lowest BCUT2D eigenvalue weighted by atomic mass is 9.81. The van der Waals surface area contributed by atoms with Crippen LogP contribution in [-0.4, -0.2) is 18.8 Å². The van der Waals surface area contributed by atoms with Gasteiger partial charge >= 0.3 is 6.09 Å². The van der Waals surface area contributed by atoms with E-state index >= 15 is 0 Å². The van der Waals surface area contributed by atoms with Crippen molar-refractivity contribution < 1.29 is 13.9 Å². The summed E-state index contributed by atoms with van der Waals surface area (Å²) < 4.78 is 17.2. The molecular weight excluding hydrogens is 221 g/mol. The van der Waals surface area contributed by atoms with Crippen LogP contribution in [0.15, 0.2) is 30.3 Å². The number of carbonyl (C=O) groups is 1. The molecule has 1 aromatic carbocycles. The summed E-state index contributed by atoms with van der Waals surface area (Å²) in [5, 5.41) is 2.72. The molecule has 0 atom stereocenters. The molecule has 0 heterocycles. The summed E-state index contributed by atoms with van der Waals surface area (Å²) in [5.41, 5.74) is 0.956. The predicted molar refractivity (Wildman–Crippen MR) is 62.2 cm³/mol. The maximum Gasteiger partial charge on any atom is 0.407 e. The predicted octanol–water partition coefficient (Wildman–Crippen LogP) is 2.66. The van der Waals surface area contributed by atoms with E-state index in [2.05, 4.69) is 5.32 Å². The molecule has 3 nitrogen and oxygen atoms in total. The Labute approximate surface area is 100.0 Å². The summed E-state index contributed by atoms with van der Waals surface area (Å²) in [5.74, 6) is 0.120. The molecule has 0 aliphatic heterocycles. The van der Waals surface area contributed by atoms with Gasteiger partial charge in [0.2, 0.25) is 0 Å². The molecule has 1 saturated carbocycles. The minimum atomic E-state index is -0.420. The van der Waals surface area contributed by atoms with Crippen LogP contribution in [-0.2, 0) is 11.3 Å².